The molecule has 0 aliphatic rings. The Morgan fingerprint density at radius 3 is 2.68 bits per heavy atom. The number of hydrogen-bond donors (Lipinski definition) is 2. The Kier molecular flexibility index (Phi) is 6.15. The van der Waals surface area contributed by atoms with Gasteiger partial charge in [0.2, 0.25) is 0 Å². The Morgan fingerprint density at radius 2 is 1.95 bits per heavy atom. The molecule has 5 heteroatoms. The Balaban J connectivity index is 1.68. The highest BCUT2D eigenvalue weighted by Crippen LogP contribution is 2.11. The van der Waals surface area contributed by atoms with Crippen molar-refractivity contribution < 1.29 is 0 Å². The van der Waals surface area contributed by atoms with Crippen LogP contribution in [0.25, 0.3) is 0 Å². The van der Waals surface area contributed by atoms with Crippen LogP contribution >= 0.6 is 12.2 Å². The molecule has 0 saturated carbocycles. The zero-order chi connectivity index (χ0) is 15.8. The predicted molar refractivity (Wildman–Crippen MR) is 97.5 cm³/mol. The van der Waals surface area contributed by atoms with Gasteiger partial charge < -0.3 is 15.5 Å². The number of nitrogens with zero attached hydrogens (tertiary/aromatic N) is 2. The van der Waals surface area contributed by atoms with E-state index in [9.17, 15) is 0 Å². The van der Waals surface area contributed by atoms with Crippen LogP contribution in [0.15, 0.2) is 48.7 Å². The maximum atomic E-state index is 5.29. The molecular weight excluding hydrogens is 292 g/mol. The second kappa shape index (κ2) is 8.34. The second-order valence-corrected chi connectivity index (χ2v) is 5.57. The number of aryl methyl sites for hydroxylation is 1. The van der Waals surface area contributed by atoms with Crippen molar-refractivity contribution in [2.24, 2.45) is 0 Å². The molecule has 0 aliphatic heterocycles. The van der Waals surface area contributed by atoms with Crippen molar-refractivity contribution in [1.29, 1.82) is 0 Å². The molecular formula is C17H22N4S. The lowest BCUT2D eigenvalue weighted by molar-refractivity contribution is 0.755. The fourth-order valence-corrected chi connectivity index (χ4v) is 2.30. The van der Waals surface area contributed by atoms with Crippen molar-refractivity contribution in [1.82, 2.24) is 10.3 Å². The van der Waals surface area contributed by atoms with Gasteiger partial charge in [0.15, 0.2) is 5.11 Å². The molecule has 1 aromatic heterocycles. The van der Waals surface area contributed by atoms with E-state index in [-0.39, 0.29) is 0 Å². The van der Waals surface area contributed by atoms with Crippen LogP contribution in [0.3, 0.4) is 0 Å². The van der Waals surface area contributed by atoms with Crippen molar-refractivity contribution in [2.45, 2.75) is 13.3 Å². The number of aromatic nitrogens is 1. The van der Waals surface area contributed by atoms with Crippen LogP contribution in [0.2, 0.25) is 0 Å². The van der Waals surface area contributed by atoms with Gasteiger partial charge in [0.25, 0.3) is 0 Å². The van der Waals surface area contributed by atoms with Gasteiger partial charge in [0.1, 0.15) is 5.82 Å². The molecule has 0 spiro atoms. The first-order valence-electron chi connectivity index (χ1n) is 7.39. The molecule has 22 heavy (non-hydrogen) atoms. The molecule has 1 heterocycles. The van der Waals surface area contributed by atoms with Crippen molar-refractivity contribution in [3.05, 3.63) is 54.2 Å². The molecule has 0 saturated heterocycles. The maximum absolute atomic E-state index is 5.29. The molecule has 2 aromatic rings. The largest absolute Gasteiger partial charge is 0.375 e. The summed E-state index contributed by atoms with van der Waals surface area (Å²) in [5.41, 5.74) is 2.31. The van der Waals surface area contributed by atoms with Crippen LogP contribution in [0.4, 0.5) is 11.5 Å². The molecule has 0 amide bonds. The van der Waals surface area contributed by atoms with Gasteiger partial charge in [-0.05, 0) is 49.3 Å². The third-order valence-corrected chi connectivity index (χ3v) is 3.64. The molecule has 0 radical (unpaired) electrons. The fourth-order valence-electron chi connectivity index (χ4n) is 2.10. The molecule has 0 atom stereocenters. The summed E-state index contributed by atoms with van der Waals surface area (Å²) in [5, 5.41) is 6.96. The second-order valence-electron chi connectivity index (χ2n) is 5.16. The van der Waals surface area contributed by atoms with Crippen LogP contribution < -0.4 is 15.5 Å². The van der Waals surface area contributed by atoms with E-state index in [1.165, 1.54) is 5.69 Å². The van der Waals surface area contributed by atoms with E-state index in [2.05, 4.69) is 51.8 Å². The molecule has 4 nitrogen and oxygen atoms in total. The van der Waals surface area contributed by atoms with E-state index in [4.69, 9.17) is 12.2 Å². The Labute approximate surface area is 137 Å². The molecule has 0 bridgehead atoms. The van der Waals surface area contributed by atoms with Gasteiger partial charge in [0, 0.05) is 32.0 Å². The number of anilines is 2. The Hall–Kier alpha value is -2.14. The van der Waals surface area contributed by atoms with E-state index in [1.54, 1.807) is 6.20 Å². The van der Waals surface area contributed by atoms with Gasteiger partial charge in [-0.15, -0.1) is 0 Å². The summed E-state index contributed by atoms with van der Waals surface area (Å²) in [7, 11) is 2.10. The molecule has 0 fully saturated rings. The van der Waals surface area contributed by atoms with Crippen LogP contribution in [0.1, 0.15) is 12.0 Å². The summed E-state index contributed by atoms with van der Waals surface area (Å²) in [6, 6.07) is 14.3. The van der Waals surface area contributed by atoms with E-state index >= 15 is 0 Å². The lowest BCUT2D eigenvalue weighted by atomic mass is 10.3. The molecule has 2 rings (SSSR count). The summed E-state index contributed by atoms with van der Waals surface area (Å²) in [6.07, 6.45) is 2.77. The van der Waals surface area contributed by atoms with Crippen LogP contribution in [-0.4, -0.2) is 30.2 Å². The highest BCUT2D eigenvalue weighted by molar-refractivity contribution is 7.80. The number of rotatable bonds is 6. The molecule has 116 valence electrons. The number of pyridine rings is 1. The Morgan fingerprint density at radius 1 is 1.18 bits per heavy atom. The zero-order valence-corrected chi connectivity index (χ0v) is 13.9. The SMILES string of the molecule is Cc1cccnc1NC(=S)NCCCN(C)c1ccccc1. The predicted octanol–water partition coefficient (Wildman–Crippen LogP) is 3.20. The smallest absolute Gasteiger partial charge is 0.171 e. The zero-order valence-electron chi connectivity index (χ0n) is 13.0. The van der Waals surface area contributed by atoms with Gasteiger partial charge in [0.05, 0.1) is 0 Å². The highest BCUT2D eigenvalue weighted by Gasteiger charge is 2.02. The summed E-state index contributed by atoms with van der Waals surface area (Å²) < 4.78 is 0. The van der Waals surface area contributed by atoms with Gasteiger partial charge in [-0.1, -0.05) is 24.3 Å². The first-order valence-corrected chi connectivity index (χ1v) is 7.80. The van der Waals surface area contributed by atoms with Crippen molar-refractivity contribution in [2.75, 3.05) is 30.4 Å². The summed E-state index contributed by atoms with van der Waals surface area (Å²) >= 11 is 5.29. The number of thiocarbonyl (C=S) groups is 1. The first-order chi connectivity index (χ1) is 10.7. The number of hydrogen-bond acceptors (Lipinski definition) is 3. The third kappa shape index (κ3) is 5.00. The van der Waals surface area contributed by atoms with Gasteiger partial charge in [-0.2, -0.15) is 0 Å². The van der Waals surface area contributed by atoms with E-state index in [1.807, 2.05) is 25.1 Å². The normalized spacial score (nSPS) is 10.1. The van der Waals surface area contributed by atoms with Gasteiger partial charge in [-0.3, -0.25) is 0 Å². The van der Waals surface area contributed by atoms with Crippen LogP contribution in [0, 0.1) is 6.92 Å². The lowest BCUT2D eigenvalue weighted by Crippen LogP contribution is -2.31. The molecule has 0 aliphatic carbocycles. The molecule has 2 N–H and O–H groups in total. The maximum Gasteiger partial charge on any atom is 0.171 e. The summed E-state index contributed by atoms with van der Waals surface area (Å²) in [6.45, 7) is 3.81. The highest BCUT2D eigenvalue weighted by atomic mass is 32.1. The number of nitrogens with one attached hydrogen (secondary N) is 2. The quantitative estimate of drug-likeness (QED) is 0.633. The van der Waals surface area contributed by atoms with E-state index in [0.717, 1.165) is 30.9 Å². The number of benzene rings is 1. The van der Waals surface area contributed by atoms with Crippen molar-refractivity contribution >= 4 is 28.8 Å². The summed E-state index contributed by atoms with van der Waals surface area (Å²) in [4.78, 5) is 6.50. The van der Waals surface area contributed by atoms with Gasteiger partial charge in [-0.25, -0.2) is 4.98 Å². The van der Waals surface area contributed by atoms with Crippen LogP contribution in [0.5, 0.6) is 0 Å². The standard InChI is InChI=1S/C17H22N4S/c1-14-8-6-11-18-16(14)20-17(22)19-12-7-13-21(2)15-9-4-3-5-10-15/h3-6,8-11H,7,12-13H2,1-2H3,(H2,18,19,20,22). The van der Waals surface area contributed by atoms with Crippen molar-refractivity contribution in [3.8, 4) is 0 Å². The Bertz CT molecular complexity index is 601. The van der Waals surface area contributed by atoms with Gasteiger partial charge >= 0.3 is 0 Å². The van der Waals surface area contributed by atoms with E-state index in [0.29, 0.717) is 5.11 Å². The topological polar surface area (TPSA) is 40.2 Å². The monoisotopic (exact) mass is 314 g/mol. The fraction of sp³-hybridized carbons (Fsp3) is 0.294. The lowest BCUT2D eigenvalue weighted by Gasteiger charge is -2.19. The molecule has 1 aromatic carbocycles. The average Bonchev–Trinajstić information content (AvgIpc) is 2.54. The average molecular weight is 314 g/mol. The van der Waals surface area contributed by atoms with Crippen LogP contribution in [-0.2, 0) is 0 Å². The minimum absolute atomic E-state index is 0.615. The number of para-hydroxylation sites is 1. The first kappa shape index (κ1) is 16.2. The van der Waals surface area contributed by atoms with Crippen molar-refractivity contribution in [3.63, 3.8) is 0 Å². The molecule has 0 unspecified atom stereocenters. The minimum Gasteiger partial charge on any atom is -0.375 e. The third-order valence-electron chi connectivity index (χ3n) is 3.39. The minimum atomic E-state index is 0.615. The summed E-state index contributed by atoms with van der Waals surface area (Å²) in [5.74, 6) is 0.807. The van der Waals surface area contributed by atoms with E-state index < -0.39 is 0 Å².